The molecule has 0 saturated heterocycles. The fraction of sp³-hybridized carbons (Fsp3) is 0.600. The van der Waals surface area contributed by atoms with Crippen LogP contribution in [0.5, 0.6) is 0 Å². The van der Waals surface area contributed by atoms with E-state index in [0.29, 0.717) is 5.41 Å². The smallest absolute Gasteiger partial charge is 0.0379 e. The molecular formula is C15H21N. The molecule has 1 aliphatic heterocycles. The molecule has 1 nitrogen and oxygen atoms in total. The van der Waals surface area contributed by atoms with Gasteiger partial charge in [0.1, 0.15) is 0 Å². The van der Waals surface area contributed by atoms with Crippen molar-refractivity contribution in [2.24, 2.45) is 5.92 Å². The summed E-state index contributed by atoms with van der Waals surface area (Å²) in [5.74, 6) is 0.858. The Balaban J connectivity index is 2.08. The molecular weight excluding hydrogens is 194 g/mol. The topological polar surface area (TPSA) is 12.0 Å². The highest BCUT2D eigenvalue weighted by Gasteiger charge is 2.55. The second-order valence-electron chi connectivity index (χ2n) is 6.63. The zero-order valence-electron chi connectivity index (χ0n) is 10.7. The van der Waals surface area contributed by atoms with Crippen molar-refractivity contribution in [3.8, 4) is 0 Å². The largest absolute Gasteiger partial charge is 0.384 e. The summed E-state index contributed by atoms with van der Waals surface area (Å²) in [6.45, 7) is 10.4. The molecule has 16 heavy (non-hydrogen) atoms. The van der Waals surface area contributed by atoms with E-state index in [-0.39, 0.29) is 5.41 Å². The molecule has 2 unspecified atom stereocenters. The first kappa shape index (κ1) is 10.2. The minimum Gasteiger partial charge on any atom is -0.384 e. The van der Waals surface area contributed by atoms with Crippen LogP contribution in [0.2, 0.25) is 0 Å². The third-order valence-electron chi connectivity index (χ3n) is 4.47. The highest BCUT2D eigenvalue weighted by atomic mass is 15.0. The molecule has 86 valence electrons. The van der Waals surface area contributed by atoms with Crippen LogP contribution in [0.1, 0.15) is 45.2 Å². The van der Waals surface area contributed by atoms with E-state index >= 15 is 0 Å². The van der Waals surface area contributed by atoms with Crippen molar-refractivity contribution in [1.82, 2.24) is 0 Å². The van der Waals surface area contributed by atoms with Crippen molar-refractivity contribution in [2.75, 3.05) is 11.9 Å². The first-order valence-corrected chi connectivity index (χ1v) is 6.32. The second kappa shape index (κ2) is 2.82. The molecule has 3 rings (SSSR count). The van der Waals surface area contributed by atoms with Gasteiger partial charge < -0.3 is 5.32 Å². The van der Waals surface area contributed by atoms with Crippen LogP contribution in [0.4, 0.5) is 5.69 Å². The maximum atomic E-state index is 3.56. The van der Waals surface area contributed by atoms with Crippen LogP contribution in [-0.4, -0.2) is 6.54 Å². The number of fused-ring (bicyclic) bond motifs is 2. The summed E-state index contributed by atoms with van der Waals surface area (Å²) < 4.78 is 0. The highest BCUT2D eigenvalue weighted by Crippen LogP contribution is 2.59. The fourth-order valence-corrected chi connectivity index (χ4v) is 3.03. The van der Waals surface area contributed by atoms with E-state index in [9.17, 15) is 0 Å². The lowest BCUT2D eigenvalue weighted by Crippen LogP contribution is -2.14. The van der Waals surface area contributed by atoms with E-state index in [4.69, 9.17) is 0 Å². The van der Waals surface area contributed by atoms with Crippen molar-refractivity contribution in [1.29, 1.82) is 0 Å². The quantitative estimate of drug-likeness (QED) is 0.696. The molecule has 1 aromatic rings. The van der Waals surface area contributed by atoms with E-state index in [1.807, 2.05) is 0 Å². The average molecular weight is 215 g/mol. The lowest BCUT2D eigenvalue weighted by molar-refractivity contribution is 0.587. The van der Waals surface area contributed by atoms with Crippen LogP contribution in [-0.2, 0) is 10.8 Å². The molecule has 0 bridgehead atoms. The standard InChI is InChI=1S/C15H21N/c1-10-8-15(10)9-16-13-6-5-11(7-12(13)15)14(2,3)4/h5-7,10,16H,8-9H2,1-4H3. The maximum absolute atomic E-state index is 3.56. The normalized spacial score (nSPS) is 31.4. The SMILES string of the molecule is CC1CC12CNc1ccc(C(C)(C)C)cc12. The van der Waals surface area contributed by atoms with Crippen molar-refractivity contribution in [2.45, 2.75) is 44.9 Å². The number of benzene rings is 1. The summed E-state index contributed by atoms with van der Waals surface area (Å²) in [5.41, 5.74) is 5.16. The van der Waals surface area contributed by atoms with Gasteiger partial charge in [0.15, 0.2) is 0 Å². The Morgan fingerprint density at radius 1 is 1.31 bits per heavy atom. The van der Waals surface area contributed by atoms with Crippen molar-refractivity contribution >= 4 is 5.69 Å². The highest BCUT2D eigenvalue weighted by molar-refractivity contribution is 5.64. The fourth-order valence-electron chi connectivity index (χ4n) is 3.03. The number of nitrogens with one attached hydrogen (secondary N) is 1. The van der Waals surface area contributed by atoms with Gasteiger partial charge in [-0.15, -0.1) is 0 Å². The van der Waals surface area contributed by atoms with Crippen LogP contribution < -0.4 is 5.32 Å². The first-order chi connectivity index (χ1) is 7.43. The average Bonchev–Trinajstić information content (AvgIpc) is 2.69. The first-order valence-electron chi connectivity index (χ1n) is 6.32. The van der Waals surface area contributed by atoms with Crippen molar-refractivity contribution in [3.63, 3.8) is 0 Å². The molecule has 0 amide bonds. The van der Waals surface area contributed by atoms with Crippen LogP contribution in [0.15, 0.2) is 18.2 Å². The predicted molar refractivity (Wildman–Crippen MR) is 69.1 cm³/mol. The third-order valence-corrected chi connectivity index (χ3v) is 4.47. The number of rotatable bonds is 0. The minimum atomic E-state index is 0.261. The molecule has 1 heteroatoms. The molecule has 1 fully saturated rings. The van der Waals surface area contributed by atoms with E-state index < -0.39 is 0 Å². The Bertz CT molecular complexity index is 441. The van der Waals surface area contributed by atoms with Gasteiger partial charge in [0.05, 0.1) is 0 Å². The summed E-state index contributed by atoms with van der Waals surface area (Å²) >= 11 is 0. The molecule has 1 N–H and O–H groups in total. The number of anilines is 1. The summed E-state index contributed by atoms with van der Waals surface area (Å²) in [5, 5.41) is 3.56. The summed E-state index contributed by atoms with van der Waals surface area (Å²) in [6, 6.07) is 6.99. The van der Waals surface area contributed by atoms with Crippen LogP contribution in [0.3, 0.4) is 0 Å². The van der Waals surface area contributed by atoms with E-state index in [0.717, 1.165) is 12.5 Å². The Morgan fingerprint density at radius 3 is 2.56 bits per heavy atom. The Morgan fingerprint density at radius 2 is 2.00 bits per heavy atom. The van der Waals surface area contributed by atoms with E-state index in [1.165, 1.54) is 17.7 Å². The third kappa shape index (κ3) is 1.24. The van der Waals surface area contributed by atoms with Gasteiger partial charge in [-0.1, -0.05) is 39.8 Å². The summed E-state index contributed by atoms with van der Waals surface area (Å²) in [7, 11) is 0. The van der Waals surface area contributed by atoms with Crippen LogP contribution >= 0.6 is 0 Å². The predicted octanol–water partition coefficient (Wildman–Crippen LogP) is 3.69. The zero-order chi connectivity index (χ0) is 11.6. The summed E-state index contributed by atoms with van der Waals surface area (Å²) in [6.07, 6.45) is 1.36. The van der Waals surface area contributed by atoms with Gasteiger partial charge in [0, 0.05) is 17.6 Å². The van der Waals surface area contributed by atoms with Gasteiger partial charge in [0.2, 0.25) is 0 Å². The Kier molecular flexibility index (Phi) is 1.80. The summed E-state index contributed by atoms with van der Waals surface area (Å²) in [4.78, 5) is 0. The Hall–Kier alpha value is -0.980. The lowest BCUT2D eigenvalue weighted by Gasteiger charge is -2.21. The molecule has 0 radical (unpaired) electrons. The molecule has 1 saturated carbocycles. The molecule has 0 aromatic heterocycles. The second-order valence-corrected chi connectivity index (χ2v) is 6.63. The van der Waals surface area contributed by atoms with Crippen LogP contribution in [0, 0.1) is 5.92 Å². The molecule has 2 aliphatic rings. The number of hydrogen-bond acceptors (Lipinski definition) is 1. The van der Waals surface area contributed by atoms with Gasteiger partial charge >= 0.3 is 0 Å². The molecule has 1 spiro atoms. The number of hydrogen-bond donors (Lipinski definition) is 1. The van der Waals surface area contributed by atoms with Crippen molar-refractivity contribution < 1.29 is 0 Å². The van der Waals surface area contributed by atoms with Gasteiger partial charge in [0.25, 0.3) is 0 Å². The molecule has 1 heterocycles. The van der Waals surface area contributed by atoms with Crippen molar-refractivity contribution in [3.05, 3.63) is 29.3 Å². The zero-order valence-corrected chi connectivity index (χ0v) is 10.7. The van der Waals surface area contributed by atoms with Crippen LogP contribution in [0.25, 0.3) is 0 Å². The minimum absolute atomic E-state index is 0.261. The van der Waals surface area contributed by atoms with Gasteiger partial charge in [-0.2, -0.15) is 0 Å². The Labute approximate surface area is 98.3 Å². The molecule has 2 atom stereocenters. The van der Waals surface area contributed by atoms with E-state index in [2.05, 4.69) is 51.2 Å². The van der Waals surface area contributed by atoms with Gasteiger partial charge in [-0.05, 0) is 34.9 Å². The lowest BCUT2D eigenvalue weighted by atomic mass is 9.84. The van der Waals surface area contributed by atoms with E-state index in [1.54, 1.807) is 5.56 Å². The monoisotopic (exact) mass is 215 g/mol. The maximum Gasteiger partial charge on any atom is 0.0379 e. The molecule has 1 aliphatic carbocycles. The molecule has 1 aromatic carbocycles. The van der Waals surface area contributed by atoms with Gasteiger partial charge in [-0.3, -0.25) is 0 Å². The van der Waals surface area contributed by atoms with Gasteiger partial charge in [-0.25, -0.2) is 0 Å².